The smallest absolute Gasteiger partial charge is 0.245 e. The molecule has 0 fully saturated rings. The van der Waals surface area contributed by atoms with E-state index in [0.29, 0.717) is 11.7 Å². The highest BCUT2D eigenvalue weighted by molar-refractivity contribution is 6.29. The second-order valence-electron chi connectivity index (χ2n) is 3.63. The SMILES string of the molecule is O=C(NCc1ccc(Cl)nc1)C1CCC=N1. The lowest BCUT2D eigenvalue weighted by atomic mass is 10.2. The van der Waals surface area contributed by atoms with E-state index < -0.39 is 0 Å². The standard InChI is InChI=1S/C11H12ClN3O/c12-10-4-3-8(6-14-10)7-15-11(16)9-2-1-5-13-9/h3-6,9H,1-2,7H2,(H,15,16). The van der Waals surface area contributed by atoms with Gasteiger partial charge in [0.1, 0.15) is 11.2 Å². The third-order valence-corrected chi connectivity index (χ3v) is 2.64. The number of carbonyl (C=O) groups is 1. The third-order valence-electron chi connectivity index (χ3n) is 2.41. The number of halogens is 1. The first kappa shape index (κ1) is 11.1. The second kappa shape index (κ2) is 5.07. The Morgan fingerprint density at radius 1 is 1.56 bits per heavy atom. The van der Waals surface area contributed by atoms with Crippen LogP contribution >= 0.6 is 11.6 Å². The molecular formula is C11H12ClN3O. The van der Waals surface area contributed by atoms with Gasteiger partial charge in [-0.3, -0.25) is 9.79 Å². The first-order valence-electron chi connectivity index (χ1n) is 5.15. The van der Waals surface area contributed by atoms with Crippen LogP contribution in [0.2, 0.25) is 5.15 Å². The van der Waals surface area contributed by atoms with Gasteiger partial charge in [-0.15, -0.1) is 0 Å². The minimum atomic E-state index is -0.208. The maximum absolute atomic E-state index is 11.6. The average Bonchev–Trinajstić information content (AvgIpc) is 2.81. The number of rotatable bonds is 3. The molecule has 1 aliphatic heterocycles. The minimum absolute atomic E-state index is 0.0244. The Labute approximate surface area is 98.7 Å². The van der Waals surface area contributed by atoms with Crippen molar-refractivity contribution in [1.82, 2.24) is 10.3 Å². The zero-order chi connectivity index (χ0) is 11.4. The van der Waals surface area contributed by atoms with Crippen LogP contribution in [-0.4, -0.2) is 23.1 Å². The van der Waals surface area contributed by atoms with Gasteiger partial charge in [0.25, 0.3) is 0 Å². The van der Waals surface area contributed by atoms with Crippen LogP contribution in [0.15, 0.2) is 23.3 Å². The van der Waals surface area contributed by atoms with Gasteiger partial charge in [0, 0.05) is 12.7 Å². The van der Waals surface area contributed by atoms with Crippen molar-refractivity contribution >= 4 is 23.7 Å². The van der Waals surface area contributed by atoms with Crippen LogP contribution in [0.3, 0.4) is 0 Å². The van der Waals surface area contributed by atoms with Gasteiger partial charge in [-0.05, 0) is 30.7 Å². The van der Waals surface area contributed by atoms with Crippen LogP contribution in [-0.2, 0) is 11.3 Å². The van der Waals surface area contributed by atoms with Crippen LogP contribution in [0.4, 0.5) is 0 Å². The van der Waals surface area contributed by atoms with Gasteiger partial charge >= 0.3 is 0 Å². The molecule has 0 aliphatic carbocycles. The van der Waals surface area contributed by atoms with Crippen LogP contribution < -0.4 is 5.32 Å². The number of nitrogens with zero attached hydrogens (tertiary/aromatic N) is 2. The van der Waals surface area contributed by atoms with E-state index in [1.807, 2.05) is 6.07 Å². The van der Waals surface area contributed by atoms with Gasteiger partial charge in [0.2, 0.25) is 5.91 Å². The zero-order valence-electron chi connectivity index (χ0n) is 8.69. The molecule has 0 saturated carbocycles. The number of nitrogens with one attached hydrogen (secondary N) is 1. The highest BCUT2D eigenvalue weighted by Crippen LogP contribution is 2.09. The Bertz CT molecular complexity index is 402. The summed E-state index contributed by atoms with van der Waals surface area (Å²) in [6.45, 7) is 0.467. The molecule has 0 spiro atoms. The van der Waals surface area contributed by atoms with E-state index in [0.717, 1.165) is 18.4 Å². The van der Waals surface area contributed by atoms with Gasteiger partial charge < -0.3 is 5.32 Å². The number of carbonyl (C=O) groups excluding carboxylic acids is 1. The van der Waals surface area contributed by atoms with E-state index in [2.05, 4.69) is 15.3 Å². The zero-order valence-corrected chi connectivity index (χ0v) is 9.44. The first-order valence-corrected chi connectivity index (χ1v) is 5.53. The van der Waals surface area contributed by atoms with E-state index in [-0.39, 0.29) is 11.9 Å². The Hall–Kier alpha value is -1.42. The van der Waals surface area contributed by atoms with Crippen molar-refractivity contribution in [2.24, 2.45) is 4.99 Å². The van der Waals surface area contributed by atoms with Crippen molar-refractivity contribution < 1.29 is 4.79 Å². The lowest BCUT2D eigenvalue weighted by molar-refractivity contribution is -0.122. The molecule has 0 aromatic carbocycles. The summed E-state index contributed by atoms with van der Waals surface area (Å²) >= 11 is 5.66. The summed E-state index contributed by atoms with van der Waals surface area (Å²) in [5.74, 6) is -0.0244. The second-order valence-corrected chi connectivity index (χ2v) is 4.02. The van der Waals surface area contributed by atoms with Crippen LogP contribution in [0.25, 0.3) is 0 Å². The summed E-state index contributed by atoms with van der Waals surface area (Å²) in [6, 6.07) is 3.34. The van der Waals surface area contributed by atoms with E-state index in [1.54, 1.807) is 18.5 Å². The maximum Gasteiger partial charge on any atom is 0.245 e. The fourth-order valence-corrected chi connectivity index (χ4v) is 1.64. The summed E-state index contributed by atoms with van der Waals surface area (Å²) < 4.78 is 0. The molecule has 2 heterocycles. The number of aliphatic imine (C=N–C) groups is 1. The molecule has 1 unspecified atom stereocenters. The van der Waals surface area contributed by atoms with Gasteiger partial charge in [0.05, 0.1) is 0 Å². The third kappa shape index (κ3) is 2.79. The molecule has 1 amide bonds. The Morgan fingerprint density at radius 2 is 2.44 bits per heavy atom. The van der Waals surface area contributed by atoms with Crippen molar-refractivity contribution in [1.29, 1.82) is 0 Å². The highest BCUT2D eigenvalue weighted by Gasteiger charge is 2.18. The molecule has 1 aliphatic rings. The molecule has 1 aromatic heterocycles. The fraction of sp³-hybridized carbons (Fsp3) is 0.364. The predicted molar refractivity (Wildman–Crippen MR) is 62.6 cm³/mol. The number of hydrogen-bond donors (Lipinski definition) is 1. The van der Waals surface area contributed by atoms with E-state index in [1.165, 1.54) is 0 Å². The van der Waals surface area contributed by atoms with E-state index in [9.17, 15) is 4.79 Å². The summed E-state index contributed by atoms with van der Waals surface area (Å²) in [4.78, 5) is 19.6. The molecule has 1 N–H and O–H groups in total. The summed E-state index contributed by atoms with van der Waals surface area (Å²) in [5.41, 5.74) is 0.930. The molecule has 1 atom stereocenters. The lowest BCUT2D eigenvalue weighted by Gasteiger charge is -2.08. The Morgan fingerprint density at radius 3 is 3.06 bits per heavy atom. The topological polar surface area (TPSA) is 54.4 Å². The number of pyridine rings is 1. The van der Waals surface area contributed by atoms with Gasteiger partial charge in [-0.1, -0.05) is 17.7 Å². The van der Waals surface area contributed by atoms with Crippen molar-refractivity contribution in [2.45, 2.75) is 25.4 Å². The largest absolute Gasteiger partial charge is 0.350 e. The van der Waals surface area contributed by atoms with Gasteiger partial charge in [0.15, 0.2) is 0 Å². The van der Waals surface area contributed by atoms with Gasteiger partial charge in [-0.2, -0.15) is 0 Å². The van der Waals surface area contributed by atoms with Crippen LogP contribution in [0.1, 0.15) is 18.4 Å². The van der Waals surface area contributed by atoms with Crippen molar-refractivity contribution in [2.75, 3.05) is 0 Å². The molecule has 0 saturated heterocycles. The van der Waals surface area contributed by atoms with Gasteiger partial charge in [-0.25, -0.2) is 4.98 Å². The fourth-order valence-electron chi connectivity index (χ4n) is 1.53. The molecule has 4 nitrogen and oxygen atoms in total. The highest BCUT2D eigenvalue weighted by atomic mass is 35.5. The monoisotopic (exact) mass is 237 g/mol. The summed E-state index contributed by atoms with van der Waals surface area (Å²) in [6.07, 6.45) is 5.15. The average molecular weight is 238 g/mol. The molecule has 84 valence electrons. The quantitative estimate of drug-likeness (QED) is 0.812. The van der Waals surface area contributed by atoms with Crippen LogP contribution in [0.5, 0.6) is 0 Å². The van der Waals surface area contributed by atoms with Crippen molar-refractivity contribution in [3.05, 3.63) is 29.0 Å². The normalized spacial score (nSPS) is 18.7. The molecule has 5 heteroatoms. The minimum Gasteiger partial charge on any atom is -0.350 e. The molecule has 16 heavy (non-hydrogen) atoms. The Balaban J connectivity index is 1.85. The molecular weight excluding hydrogens is 226 g/mol. The number of aromatic nitrogens is 1. The molecule has 2 rings (SSSR count). The number of amides is 1. The summed E-state index contributed by atoms with van der Waals surface area (Å²) in [7, 11) is 0. The predicted octanol–water partition coefficient (Wildman–Crippen LogP) is 1.58. The Kier molecular flexibility index (Phi) is 3.51. The van der Waals surface area contributed by atoms with Crippen molar-refractivity contribution in [3.8, 4) is 0 Å². The van der Waals surface area contributed by atoms with Crippen molar-refractivity contribution in [3.63, 3.8) is 0 Å². The van der Waals surface area contributed by atoms with Crippen LogP contribution in [0, 0.1) is 0 Å². The summed E-state index contributed by atoms with van der Waals surface area (Å²) in [5, 5.41) is 3.28. The molecule has 0 bridgehead atoms. The van der Waals surface area contributed by atoms with E-state index in [4.69, 9.17) is 11.6 Å². The first-order chi connectivity index (χ1) is 7.75. The number of hydrogen-bond acceptors (Lipinski definition) is 3. The molecule has 0 radical (unpaired) electrons. The van der Waals surface area contributed by atoms with E-state index >= 15 is 0 Å². The molecule has 1 aromatic rings. The lowest BCUT2D eigenvalue weighted by Crippen LogP contribution is -2.31. The maximum atomic E-state index is 11.6.